The lowest BCUT2D eigenvalue weighted by Gasteiger charge is -2.22. The number of aryl methyl sites for hydroxylation is 1. The van der Waals surface area contributed by atoms with Crippen LogP contribution >= 0.6 is 0 Å². The van der Waals surface area contributed by atoms with Crippen LogP contribution in [0.25, 0.3) is 0 Å². The van der Waals surface area contributed by atoms with E-state index in [1.54, 1.807) is 0 Å². The Morgan fingerprint density at radius 2 is 1.65 bits per heavy atom. The molecule has 0 radical (unpaired) electrons. The summed E-state index contributed by atoms with van der Waals surface area (Å²) < 4.78 is 0. The summed E-state index contributed by atoms with van der Waals surface area (Å²) in [4.78, 5) is 0. The number of benzene rings is 1. The third-order valence-electron chi connectivity index (χ3n) is 3.55. The van der Waals surface area contributed by atoms with Crippen LogP contribution in [0.15, 0.2) is 24.3 Å². The van der Waals surface area contributed by atoms with E-state index in [4.69, 9.17) is 0 Å². The number of hydrogen-bond donors (Lipinski definition) is 1. The van der Waals surface area contributed by atoms with Crippen molar-refractivity contribution in [2.24, 2.45) is 5.92 Å². The van der Waals surface area contributed by atoms with Crippen molar-refractivity contribution in [3.63, 3.8) is 0 Å². The minimum absolute atomic E-state index is 0.184. The second kappa shape index (κ2) is 7.50. The smallest absolute Gasteiger partial charge is 0.0608 e. The van der Waals surface area contributed by atoms with Crippen molar-refractivity contribution in [2.75, 3.05) is 0 Å². The van der Waals surface area contributed by atoms with Crippen LogP contribution in [0, 0.1) is 12.8 Å². The van der Waals surface area contributed by atoms with Gasteiger partial charge in [0.1, 0.15) is 0 Å². The third-order valence-corrected chi connectivity index (χ3v) is 3.55. The molecular weight excluding hydrogens is 208 g/mol. The van der Waals surface area contributed by atoms with Gasteiger partial charge in [-0.3, -0.25) is 0 Å². The molecule has 1 N–H and O–H groups in total. The SMILES string of the molecule is CCCC(CCC)C(O)Cc1ccccc1C. The molecular formula is C16H26O. The molecule has 1 nitrogen and oxygen atoms in total. The molecule has 1 unspecified atom stereocenters. The highest BCUT2D eigenvalue weighted by Gasteiger charge is 2.18. The van der Waals surface area contributed by atoms with Gasteiger partial charge in [0, 0.05) is 0 Å². The zero-order valence-corrected chi connectivity index (χ0v) is 11.4. The molecule has 0 aliphatic heterocycles. The molecule has 1 aromatic carbocycles. The fraction of sp³-hybridized carbons (Fsp3) is 0.625. The van der Waals surface area contributed by atoms with Crippen LogP contribution < -0.4 is 0 Å². The highest BCUT2D eigenvalue weighted by atomic mass is 16.3. The van der Waals surface area contributed by atoms with E-state index in [2.05, 4.69) is 45.0 Å². The van der Waals surface area contributed by atoms with Crippen molar-refractivity contribution >= 4 is 0 Å². The summed E-state index contributed by atoms with van der Waals surface area (Å²) in [6, 6.07) is 8.37. The van der Waals surface area contributed by atoms with Gasteiger partial charge >= 0.3 is 0 Å². The molecule has 1 atom stereocenters. The maximum absolute atomic E-state index is 10.3. The Morgan fingerprint density at radius 1 is 1.06 bits per heavy atom. The van der Waals surface area contributed by atoms with Crippen molar-refractivity contribution in [1.29, 1.82) is 0 Å². The monoisotopic (exact) mass is 234 g/mol. The summed E-state index contributed by atoms with van der Waals surface area (Å²) in [5.74, 6) is 0.463. The van der Waals surface area contributed by atoms with Crippen LogP contribution in [0.4, 0.5) is 0 Å². The molecule has 0 bridgehead atoms. The lowest BCUT2D eigenvalue weighted by Crippen LogP contribution is -2.23. The van der Waals surface area contributed by atoms with Gasteiger partial charge < -0.3 is 5.11 Å². The zero-order chi connectivity index (χ0) is 12.7. The van der Waals surface area contributed by atoms with Crippen LogP contribution in [-0.2, 0) is 6.42 Å². The van der Waals surface area contributed by atoms with E-state index in [1.165, 1.54) is 11.1 Å². The average Bonchev–Trinajstić information content (AvgIpc) is 2.32. The van der Waals surface area contributed by atoms with E-state index in [-0.39, 0.29) is 6.10 Å². The number of hydrogen-bond acceptors (Lipinski definition) is 1. The number of rotatable bonds is 7. The summed E-state index contributed by atoms with van der Waals surface area (Å²) in [5, 5.41) is 10.3. The lowest BCUT2D eigenvalue weighted by atomic mass is 9.88. The van der Waals surface area contributed by atoms with Gasteiger partial charge in [0.05, 0.1) is 6.10 Å². The van der Waals surface area contributed by atoms with E-state index in [0.29, 0.717) is 5.92 Å². The van der Waals surface area contributed by atoms with Gasteiger partial charge in [0.2, 0.25) is 0 Å². The van der Waals surface area contributed by atoms with E-state index >= 15 is 0 Å². The van der Waals surface area contributed by atoms with Gasteiger partial charge in [-0.2, -0.15) is 0 Å². The first-order valence-corrected chi connectivity index (χ1v) is 6.91. The number of aliphatic hydroxyl groups excluding tert-OH is 1. The van der Waals surface area contributed by atoms with Crippen LogP contribution in [0.5, 0.6) is 0 Å². The molecule has 96 valence electrons. The van der Waals surface area contributed by atoms with Gasteiger partial charge in [0.25, 0.3) is 0 Å². The summed E-state index contributed by atoms with van der Waals surface area (Å²) in [6.07, 6.45) is 5.22. The molecule has 0 heterocycles. The second-order valence-corrected chi connectivity index (χ2v) is 5.04. The Labute approximate surface area is 106 Å². The summed E-state index contributed by atoms with van der Waals surface area (Å²) in [7, 11) is 0. The van der Waals surface area contributed by atoms with E-state index in [9.17, 15) is 5.11 Å². The maximum Gasteiger partial charge on any atom is 0.0608 e. The maximum atomic E-state index is 10.3. The van der Waals surface area contributed by atoms with Crippen molar-refractivity contribution in [1.82, 2.24) is 0 Å². The van der Waals surface area contributed by atoms with Crippen molar-refractivity contribution in [3.8, 4) is 0 Å². The fourth-order valence-electron chi connectivity index (χ4n) is 2.50. The normalized spacial score (nSPS) is 13.0. The minimum atomic E-state index is -0.184. The third kappa shape index (κ3) is 4.51. The number of aliphatic hydroxyl groups is 1. The predicted molar refractivity (Wildman–Crippen MR) is 74.2 cm³/mol. The first-order valence-electron chi connectivity index (χ1n) is 6.91. The van der Waals surface area contributed by atoms with E-state index in [1.807, 2.05) is 0 Å². The Morgan fingerprint density at radius 3 is 2.18 bits per heavy atom. The van der Waals surface area contributed by atoms with Gasteiger partial charge in [-0.15, -0.1) is 0 Å². The molecule has 1 aromatic rings. The van der Waals surface area contributed by atoms with Crippen molar-refractivity contribution < 1.29 is 5.11 Å². The molecule has 17 heavy (non-hydrogen) atoms. The summed E-state index contributed by atoms with van der Waals surface area (Å²) >= 11 is 0. The Kier molecular flexibility index (Phi) is 6.28. The molecule has 0 aromatic heterocycles. The van der Waals surface area contributed by atoms with Gasteiger partial charge in [-0.1, -0.05) is 51.0 Å². The molecule has 0 spiro atoms. The summed E-state index contributed by atoms with van der Waals surface area (Å²) in [5.41, 5.74) is 2.58. The quantitative estimate of drug-likeness (QED) is 0.752. The topological polar surface area (TPSA) is 20.2 Å². The van der Waals surface area contributed by atoms with E-state index in [0.717, 1.165) is 32.1 Å². The van der Waals surface area contributed by atoms with Crippen LogP contribution in [0.1, 0.15) is 50.7 Å². The fourth-order valence-corrected chi connectivity index (χ4v) is 2.50. The average molecular weight is 234 g/mol. The van der Waals surface area contributed by atoms with E-state index < -0.39 is 0 Å². The lowest BCUT2D eigenvalue weighted by molar-refractivity contribution is 0.0962. The molecule has 0 aliphatic carbocycles. The highest BCUT2D eigenvalue weighted by molar-refractivity contribution is 5.26. The molecule has 1 heteroatoms. The van der Waals surface area contributed by atoms with Gasteiger partial charge in [0.15, 0.2) is 0 Å². The zero-order valence-electron chi connectivity index (χ0n) is 11.4. The molecule has 0 fully saturated rings. The minimum Gasteiger partial charge on any atom is -0.392 e. The summed E-state index contributed by atoms with van der Waals surface area (Å²) in [6.45, 7) is 6.52. The van der Waals surface area contributed by atoms with Crippen molar-refractivity contribution in [2.45, 2.75) is 59.0 Å². The standard InChI is InChI=1S/C16H26O/c1-4-8-14(9-5-2)16(17)12-15-11-7-6-10-13(15)3/h6-7,10-11,14,16-17H,4-5,8-9,12H2,1-3H3. The molecule has 0 amide bonds. The van der Waals surface area contributed by atoms with Gasteiger partial charge in [-0.05, 0) is 43.2 Å². The Bertz CT molecular complexity index is 313. The molecule has 0 saturated heterocycles. The Balaban J connectivity index is 2.62. The molecule has 1 rings (SSSR count). The van der Waals surface area contributed by atoms with Crippen molar-refractivity contribution in [3.05, 3.63) is 35.4 Å². The van der Waals surface area contributed by atoms with Crippen LogP contribution in [0.2, 0.25) is 0 Å². The van der Waals surface area contributed by atoms with Crippen LogP contribution in [-0.4, -0.2) is 11.2 Å². The predicted octanol–water partition coefficient (Wildman–Crippen LogP) is 4.11. The largest absolute Gasteiger partial charge is 0.392 e. The molecule has 0 saturated carbocycles. The first kappa shape index (κ1) is 14.2. The van der Waals surface area contributed by atoms with Crippen LogP contribution in [0.3, 0.4) is 0 Å². The first-order chi connectivity index (χ1) is 8.19. The molecule has 0 aliphatic rings. The van der Waals surface area contributed by atoms with Gasteiger partial charge in [-0.25, -0.2) is 0 Å². The Hall–Kier alpha value is -0.820. The second-order valence-electron chi connectivity index (χ2n) is 5.04. The highest BCUT2D eigenvalue weighted by Crippen LogP contribution is 2.22.